The van der Waals surface area contributed by atoms with Crippen molar-refractivity contribution >= 4 is 40.1 Å². The average Bonchev–Trinajstić information content (AvgIpc) is 2.55. The van der Waals surface area contributed by atoms with Crippen molar-refractivity contribution in [2.24, 2.45) is 15.9 Å². The minimum absolute atomic E-state index is 0.0297. The summed E-state index contributed by atoms with van der Waals surface area (Å²) < 4.78 is 13.5. The fraction of sp³-hybridized carbons (Fsp3) is 0.375. The Bertz CT molecular complexity index is 702. The molecule has 1 aliphatic heterocycles. The summed E-state index contributed by atoms with van der Waals surface area (Å²) in [5, 5.41) is 2.82. The topological polar surface area (TPSA) is 70.9 Å². The molecule has 3 rings (SSSR count). The molecule has 0 saturated heterocycles. The Morgan fingerprint density at radius 2 is 2.13 bits per heavy atom. The summed E-state index contributed by atoms with van der Waals surface area (Å²) in [6.45, 7) is 0. The molecule has 1 fully saturated rings. The van der Waals surface area contributed by atoms with Crippen molar-refractivity contribution in [3.63, 3.8) is 0 Å². The van der Waals surface area contributed by atoms with Gasteiger partial charge in [0.15, 0.2) is 5.17 Å². The second-order valence-electron chi connectivity index (χ2n) is 5.45. The monoisotopic (exact) mass is 333 g/mol. The molecule has 0 bridgehead atoms. The zero-order chi connectivity index (χ0) is 16.2. The number of hydrogen-bond acceptors (Lipinski definition) is 4. The Kier molecular flexibility index (Phi) is 4.85. The van der Waals surface area contributed by atoms with Crippen molar-refractivity contribution < 1.29 is 14.0 Å². The molecule has 1 aromatic carbocycles. The number of rotatable bonds is 3. The van der Waals surface area contributed by atoms with Crippen LogP contribution in [0, 0.1) is 11.7 Å². The van der Waals surface area contributed by atoms with E-state index in [1.54, 1.807) is 12.1 Å². The number of carbonyl (C=O) groups is 2. The lowest BCUT2D eigenvalue weighted by Gasteiger charge is -2.24. The van der Waals surface area contributed by atoms with Gasteiger partial charge in [-0.3, -0.25) is 9.59 Å². The van der Waals surface area contributed by atoms with Gasteiger partial charge in [0.25, 0.3) is 5.91 Å². The number of benzene rings is 1. The highest BCUT2D eigenvalue weighted by molar-refractivity contribution is 8.14. The first kappa shape index (κ1) is 15.9. The molecule has 0 spiro atoms. The largest absolute Gasteiger partial charge is 0.323 e. The molecule has 5 nitrogen and oxygen atoms in total. The molecule has 2 amide bonds. The molecule has 1 heterocycles. The van der Waals surface area contributed by atoms with Crippen LogP contribution in [0.4, 0.5) is 10.1 Å². The zero-order valence-corrected chi connectivity index (χ0v) is 13.2. The first-order valence-corrected chi connectivity index (χ1v) is 8.49. The second kappa shape index (κ2) is 7.04. The Balaban J connectivity index is 1.58. The Hall–Kier alpha value is -2.02. The van der Waals surface area contributed by atoms with E-state index in [0.29, 0.717) is 5.17 Å². The smallest absolute Gasteiger partial charge is 0.256 e. The second-order valence-corrected chi connectivity index (χ2v) is 6.39. The van der Waals surface area contributed by atoms with Gasteiger partial charge >= 0.3 is 0 Å². The van der Waals surface area contributed by atoms with E-state index in [2.05, 4.69) is 15.3 Å². The minimum atomic E-state index is -0.485. The minimum Gasteiger partial charge on any atom is -0.323 e. The number of para-hydroxylation sites is 1. The summed E-state index contributed by atoms with van der Waals surface area (Å²) in [6.07, 6.45) is 3.69. The normalized spacial score (nSPS) is 20.4. The van der Waals surface area contributed by atoms with E-state index >= 15 is 0 Å². The average molecular weight is 333 g/mol. The van der Waals surface area contributed by atoms with Crippen molar-refractivity contribution in [1.29, 1.82) is 0 Å². The molecule has 1 aromatic rings. The number of anilines is 1. The van der Waals surface area contributed by atoms with Crippen LogP contribution in [0.3, 0.4) is 0 Å². The first-order chi connectivity index (χ1) is 11.1. The van der Waals surface area contributed by atoms with Crippen LogP contribution in [-0.2, 0) is 9.59 Å². The number of thioether (sulfide) groups is 1. The number of fused-ring (bicyclic) bond motifs is 1. The zero-order valence-electron chi connectivity index (χ0n) is 12.4. The molecule has 0 radical (unpaired) electrons. The van der Waals surface area contributed by atoms with Crippen molar-refractivity contribution in [2.75, 3.05) is 11.1 Å². The third-order valence-electron chi connectivity index (χ3n) is 3.80. The number of carbonyl (C=O) groups excluding carboxylic acids is 2. The SMILES string of the molecule is O=C(CSC1=NC(=O)C2CCCCC2=N1)Nc1ccccc1F. The van der Waals surface area contributed by atoms with Gasteiger partial charge in [0.05, 0.1) is 17.4 Å². The van der Waals surface area contributed by atoms with E-state index in [4.69, 9.17) is 0 Å². The maximum absolute atomic E-state index is 13.5. The lowest BCUT2D eigenvalue weighted by Crippen LogP contribution is -2.30. The van der Waals surface area contributed by atoms with Crippen molar-refractivity contribution in [3.8, 4) is 0 Å². The maximum atomic E-state index is 13.5. The number of amidine groups is 1. The van der Waals surface area contributed by atoms with Gasteiger partial charge in [-0.15, -0.1) is 0 Å². The third-order valence-corrected chi connectivity index (χ3v) is 4.65. The molecular weight excluding hydrogens is 317 g/mol. The summed E-state index contributed by atoms with van der Waals surface area (Å²) in [4.78, 5) is 32.2. The van der Waals surface area contributed by atoms with E-state index in [1.165, 1.54) is 12.1 Å². The molecule has 7 heteroatoms. The summed E-state index contributed by atoms with van der Waals surface area (Å²) in [5.41, 5.74) is 1.02. The van der Waals surface area contributed by atoms with Crippen molar-refractivity contribution in [1.82, 2.24) is 0 Å². The maximum Gasteiger partial charge on any atom is 0.256 e. The molecule has 0 aromatic heterocycles. The van der Waals surface area contributed by atoms with Crippen LogP contribution >= 0.6 is 11.8 Å². The van der Waals surface area contributed by atoms with E-state index in [0.717, 1.165) is 43.2 Å². The van der Waals surface area contributed by atoms with Gasteiger partial charge in [-0.1, -0.05) is 30.3 Å². The lowest BCUT2D eigenvalue weighted by molar-refractivity contribution is -0.120. The summed E-state index contributed by atoms with van der Waals surface area (Å²) >= 11 is 1.10. The van der Waals surface area contributed by atoms with Gasteiger partial charge in [0, 0.05) is 5.71 Å². The number of halogens is 1. The van der Waals surface area contributed by atoms with Gasteiger partial charge in [-0.25, -0.2) is 9.38 Å². The van der Waals surface area contributed by atoms with Gasteiger partial charge in [-0.05, 0) is 31.4 Å². The lowest BCUT2D eigenvalue weighted by atomic mass is 9.86. The van der Waals surface area contributed by atoms with Gasteiger partial charge in [0.2, 0.25) is 5.91 Å². The highest BCUT2D eigenvalue weighted by atomic mass is 32.2. The molecule has 1 atom stereocenters. The Labute approximate surface area is 137 Å². The van der Waals surface area contributed by atoms with Gasteiger partial charge < -0.3 is 5.32 Å². The fourth-order valence-electron chi connectivity index (χ4n) is 2.66. The summed E-state index contributed by atoms with van der Waals surface area (Å²) in [7, 11) is 0. The molecule has 1 aliphatic carbocycles. The van der Waals surface area contributed by atoms with E-state index < -0.39 is 5.82 Å². The fourth-order valence-corrected chi connectivity index (χ4v) is 3.33. The molecule has 23 heavy (non-hydrogen) atoms. The van der Waals surface area contributed by atoms with Gasteiger partial charge in [0.1, 0.15) is 5.82 Å². The third kappa shape index (κ3) is 3.85. The summed E-state index contributed by atoms with van der Waals surface area (Å²) in [5.74, 6) is -1.14. The van der Waals surface area contributed by atoms with E-state index in [1.807, 2.05) is 0 Å². The van der Waals surface area contributed by atoms with Crippen LogP contribution in [0.1, 0.15) is 25.7 Å². The van der Waals surface area contributed by atoms with Crippen molar-refractivity contribution in [2.45, 2.75) is 25.7 Å². The van der Waals surface area contributed by atoms with Crippen molar-refractivity contribution in [3.05, 3.63) is 30.1 Å². The van der Waals surface area contributed by atoms with Crippen LogP contribution in [0.5, 0.6) is 0 Å². The predicted octanol–water partition coefficient (Wildman–Crippen LogP) is 3.02. The number of aliphatic imine (C=N–C) groups is 2. The number of nitrogens with zero attached hydrogens (tertiary/aromatic N) is 2. The van der Waals surface area contributed by atoms with Crippen LogP contribution < -0.4 is 5.32 Å². The Morgan fingerprint density at radius 3 is 2.96 bits per heavy atom. The molecule has 1 unspecified atom stereocenters. The predicted molar refractivity (Wildman–Crippen MR) is 89.3 cm³/mol. The van der Waals surface area contributed by atoms with E-state index in [-0.39, 0.29) is 29.2 Å². The van der Waals surface area contributed by atoms with E-state index in [9.17, 15) is 14.0 Å². The highest BCUT2D eigenvalue weighted by Crippen LogP contribution is 2.27. The highest BCUT2D eigenvalue weighted by Gasteiger charge is 2.30. The van der Waals surface area contributed by atoms with Crippen LogP contribution in [-0.4, -0.2) is 28.4 Å². The molecule has 2 aliphatic rings. The first-order valence-electron chi connectivity index (χ1n) is 7.50. The van der Waals surface area contributed by atoms with Crippen LogP contribution in [0.2, 0.25) is 0 Å². The Morgan fingerprint density at radius 1 is 1.30 bits per heavy atom. The summed E-state index contributed by atoms with van der Waals surface area (Å²) in [6, 6.07) is 5.97. The number of hydrogen-bond donors (Lipinski definition) is 1. The van der Waals surface area contributed by atoms with Crippen LogP contribution in [0.15, 0.2) is 34.3 Å². The van der Waals surface area contributed by atoms with Crippen LogP contribution in [0.25, 0.3) is 0 Å². The molecule has 120 valence electrons. The number of nitrogens with one attached hydrogen (secondary N) is 1. The molecular formula is C16H16FN3O2S. The number of amides is 2. The molecule has 1 saturated carbocycles. The van der Waals surface area contributed by atoms with Gasteiger partial charge in [-0.2, -0.15) is 4.99 Å². The standard InChI is InChI=1S/C16H16FN3O2S/c17-11-6-2-4-8-13(11)18-14(21)9-23-16-19-12-7-3-1-5-10(12)15(22)20-16/h2,4,6,8,10H,1,3,5,7,9H2,(H,18,21). The molecule has 1 N–H and O–H groups in total. The quantitative estimate of drug-likeness (QED) is 0.924.